The van der Waals surface area contributed by atoms with Crippen LogP contribution in [0.25, 0.3) is 0 Å². The summed E-state index contributed by atoms with van der Waals surface area (Å²) in [5.74, 6) is 5.63. The second-order valence-corrected chi connectivity index (χ2v) is 5.60. The van der Waals surface area contributed by atoms with Crippen LogP contribution in [0.15, 0.2) is 11.4 Å². The zero-order valence-electron chi connectivity index (χ0n) is 10.7. The van der Waals surface area contributed by atoms with Crippen molar-refractivity contribution in [3.05, 3.63) is 21.9 Å². The van der Waals surface area contributed by atoms with Crippen LogP contribution in [0, 0.1) is 11.8 Å². The molecular weight excluding hydrogens is 260 g/mol. The van der Waals surface area contributed by atoms with Gasteiger partial charge in [0.25, 0.3) is 5.91 Å². The maximum Gasteiger partial charge on any atom is 0.252 e. The number of aliphatic hydroxyl groups excluding tert-OH is 1. The highest BCUT2D eigenvalue weighted by Crippen LogP contribution is 2.19. The fraction of sp³-hybridized carbons (Fsp3) is 0.500. The summed E-state index contributed by atoms with van der Waals surface area (Å²) in [7, 11) is 0. The maximum atomic E-state index is 12.0. The van der Waals surface area contributed by atoms with Gasteiger partial charge in [0.05, 0.1) is 23.1 Å². The van der Waals surface area contributed by atoms with Gasteiger partial charge in [-0.2, -0.15) is 0 Å². The largest absolute Gasteiger partial charge is 0.393 e. The Morgan fingerprint density at radius 2 is 2.21 bits per heavy atom. The fourth-order valence-electron chi connectivity index (χ4n) is 2.15. The first-order chi connectivity index (χ1) is 9.19. The molecule has 2 rings (SSSR count). The molecule has 5 heteroatoms. The van der Waals surface area contributed by atoms with Crippen molar-refractivity contribution in [2.45, 2.75) is 37.8 Å². The molecule has 1 heterocycles. The minimum absolute atomic E-state index is 0.0570. The number of hydrogen-bond donors (Lipinski definition) is 3. The first-order valence-electron chi connectivity index (χ1n) is 6.45. The van der Waals surface area contributed by atoms with Gasteiger partial charge in [0.15, 0.2) is 0 Å². The lowest BCUT2D eigenvalue weighted by Crippen LogP contribution is -2.38. The summed E-state index contributed by atoms with van der Waals surface area (Å²) in [5.41, 5.74) is 5.96. The van der Waals surface area contributed by atoms with Crippen LogP contribution >= 0.6 is 11.3 Å². The average Bonchev–Trinajstić information content (AvgIpc) is 2.88. The molecule has 4 nitrogen and oxygen atoms in total. The molecule has 0 aliphatic heterocycles. The maximum absolute atomic E-state index is 12.0. The molecule has 102 valence electrons. The summed E-state index contributed by atoms with van der Waals surface area (Å²) in [4.78, 5) is 12.9. The van der Waals surface area contributed by atoms with Gasteiger partial charge in [-0.1, -0.05) is 11.8 Å². The van der Waals surface area contributed by atoms with Crippen molar-refractivity contribution in [2.75, 3.05) is 6.54 Å². The van der Waals surface area contributed by atoms with Crippen LogP contribution < -0.4 is 11.1 Å². The Morgan fingerprint density at radius 3 is 2.89 bits per heavy atom. The summed E-state index contributed by atoms with van der Waals surface area (Å²) in [6.07, 6.45) is 3.02. The number of carbonyl (C=O) groups is 1. The van der Waals surface area contributed by atoms with Crippen molar-refractivity contribution in [3.8, 4) is 11.8 Å². The second-order valence-electron chi connectivity index (χ2n) is 4.68. The van der Waals surface area contributed by atoms with Crippen LogP contribution in [0.3, 0.4) is 0 Å². The molecule has 1 aliphatic rings. The van der Waals surface area contributed by atoms with E-state index in [2.05, 4.69) is 17.2 Å². The second kappa shape index (κ2) is 6.71. The highest BCUT2D eigenvalue weighted by Gasteiger charge is 2.21. The summed E-state index contributed by atoms with van der Waals surface area (Å²) in [5, 5.41) is 14.2. The quantitative estimate of drug-likeness (QED) is 0.709. The average molecular weight is 278 g/mol. The Balaban J connectivity index is 1.91. The van der Waals surface area contributed by atoms with Crippen LogP contribution in [0.4, 0.5) is 0 Å². The number of amides is 1. The number of hydrogen-bond acceptors (Lipinski definition) is 4. The van der Waals surface area contributed by atoms with Gasteiger partial charge in [0, 0.05) is 11.4 Å². The van der Waals surface area contributed by atoms with E-state index >= 15 is 0 Å². The van der Waals surface area contributed by atoms with Crippen molar-refractivity contribution in [2.24, 2.45) is 5.73 Å². The van der Waals surface area contributed by atoms with Gasteiger partial charge in [0.1, 0.15) is 0 Å². The van der Waals surface area contributed by atoms with Crippen molar-refractivity contribution in [3.63, 3.8) is 0 Å². The Labute approximate surface area is 117 Å². The van der Waals surface area contributed by atoms with E-state index in [4.69, 9.17) is 5.73 Å². The van der Waals surface area contributed by atoms with E-state index in [1.165, 1.54) is 11.3 Å². The van der Waals surface area contributed by atoms with Gasteiger partial charge in [-0.05, 0) is 31.7 Å². The zero-order valence-corrected chi connectivity index (χ0v) is 11.5. The highest BCUT2D eigenvalue weighted by atomic mass is 32.1. The van der Waals surface area contributed by atoms with Crippen molar-refractivity contribution in [1.82, 2.24) is 5.32 Å². The number of nitrogens with two attached hydrogens (primary N) is 1. The molecule has 1 fully saturated rings. The lowest BCUT2D eigenvalue weighted by molar-refractivity contribution is 0.0868. The molecule has 1 saturated carbocycles. The first-order valence-corrected chi connectivity index (χ1v) is 7.33. The lowest BCUT2D eigenvalue weighted by Gasteiger charge is -2.25. The van der Waals surface area contributed by atoms with E-state index in [0.29, 0.717) is 12.1 Å². The van der Waals surface area contributed by atoms with E-state index in [0.717, 1.165) is 30.6 Å². The van der Waals surface area contributed by atoms with E-state index < -0.39 is 0 Å². The minimum atomic E-state index is -0.201. The zero-order chi connectivity index (χ0) is 13.7. The Bertz CT molecular complexity index is 493. The number of nitrogens with one attached hydrogen (secondary N) is 1. The molecule has 0 unspecified atom stereocenters. The molecular formula is C14H18N2O2S. The standard InChI is InChI=1S/C14H18N2O2S/c15-7-1-2-13-8-10(9-19-13)14(18)16-11-3-5-12(17)6-4-11/h8-9,11-12,17H,3-7,15H2,(H,16,18). The Kier molecular flexibility index (Phi) is 4.97. The molecule has 1 aliphatic carbocycles. The van der Waals surface area contributed by atoms with E-state index in [1.807, 2.05) is 5.38 Å². The fourth-order valence-corrected chi connectivity index (χ4v) is 2.90. The van der Waals surface area contributed by atoms with Gasteiger partial charge in [-0.3, -0.25) is 4.79 Å². The predicted octanol–water partition coefficient (Wildman–Crippen LogP) is 1.09. The molecule has 1 amide bonds. The molecule has 19 heavy (non-hydrogen) atoms. The number of rotatable bonds is 2. The molecule has 0 radical (unpaired) electrons. The van der Waals surface area contributed by atoms with Gasteiger partial charge in [-0.15, -0.1) is 11.3 Å². The first kappa shape index (κ1) is 14.1. The van der Waals surface area contributed by atoms with Crippen LogP contribution in [0.5, 0.6) is 0 Å². The van der Waals surface area contributed by atoms with Crippen molar-refractivity contribution >= 4 is 17.2 Å². The number of thiophene rings is 1. The number of carbonyl (C=O) groups excluding carboxylic acids is 1. The molecule has 0 aromatic carbocycles. The molecule has 1 aromatic rings. The van der Waals surface area contributed by atoms with Crippen molar-refractivity contribution in [1.29, 1.82) is 0 Å². The van der Waals surface area contributed by atoms with Gasteiger partial charge < -0.3 is 16.2 Å². The van der Waals surface area contributed by atoms with E-state index in [9.17, 15) is 9.90 Å². The summed E-state index contributed by atoms with van der Waals surface area (Å²) >= 11 is 1.45. The third-order valence-corrected chi connectivity index (χ3v) is 4.05. The Hall–Kier alpha value is -1.35. The van der Waals surface area contributed by atoms with Crippen LogP contribution in [0.2, 0.25) is 0 Å². The summed E-state index contributed by atoms with van der Waals surface area (Å²) in [6, 6.07) is 1.97. The van der Waals surface area contributed by atoms with Crippen LogP contribution in [0.1, 0.15) is 40.9 Å². The Morgan fingerprint density at radius 1 is 1.47 bits per heavy atom. The highest BCUT2D eigenvalue weighted by molar-refractivity contribution is 7.10. The smallest absolute Gasteiger partial charge is 0.252 e. The van der Waals surface area contributed by atoms with E-state index in [-0.39, 0.29) is 18.1 Å². The normalized spacial score (nSPS) is 22.4. The third kappa shape index (κ3) is 4.06. The summed E-state index contributed by atoms with van der Waals surface area (Å²) in [6.45, 7) is 0.323. The molecule has 0 atom stereocenters. The molecule has 0 bridgehead atoms. The lowest BCUT2D eigenvalue weighted by atomic mass is 9.93. The SMILES string of the molecule is NCC#Cc1cc(C(=O)NC2CCC(O)CC2)cs1. The molecule has 0 saturated heterocycles. The number of aliphatic hydroxyl groups is 1. The monoisotopic (exact) mass is 278 g/mol. The van der Waals surface area contributed by atoms with Crippen LogP contribution in [-0.2, 0) is 0 Å². The van der Waals surface area contributed by atoms with Gasteiger partial charge in [0.2, 0.25) is 0 Å². The molecule has 0 spiro atoms. The molecule has 1 aromatic heterocycles. The minimum Gasteiger partial charge on any atom is -0.393 e. The van der Waals surface area contributed by atoms with Crippen molar-refractivity contribution < 1.29 is 9.90 Å². The topological polar surface area (TPSA) is 75.4 Å². The third-order valence-electron chi connectivity index (χ3n) is 3.21. The summed E-state index contributed by atoms with van der Waals surface area (Å²) < 4.78 is 0. The van der Waals surface area contributed by atoms with E-state index in [1.54, 1.807) is 6.07 Å². The van der Waals surface area contributed by atoms with Gasteiger partial charge in [-0.25, -0.2) is 0 Å². The van der Waals surface area contributed by atoms with Crippen LogP contribution in [-0.4, -0.2) is 29.7 Å². The predicted molar refractivity (Wildman–Crippen MR) is 76.0 cm³/mol. The molecule has 4 N–H and O–H groups in total. The van der Waals surface area contributed by atoms with Gasteiger partial charge >= 0.3 is 0 Å².